The highest BCUT2D eigenvalue weighted by atomic mass is 79.9. The van der Waals surface area contributed by atoms with Gasteiger partial charge in [-0.2, -0.15) is 0 Å². The second kappa shape index (κ2) is 6.22. The number of benzene rings is 4. The van der Waals surface area contributed by atoms with Crippen molar-refractivity contribution >= 4 is 31.9 Å². The van der Waals surface area contributed by atoms with E-state index >= 15 is 0 Å². The van der Waals surface area contributed by atoms with Crippen LogP contribution < -0.4 is 9.47 Å². The Morgan fingerprint density at radius 3 is 1.72 bits per heavy atom. The first-order valence-corrected chi connectivity index (χ1v) is 10.9. The Hall–Kier alpha value is -2.56. The first-order chi connectivity index (χ1) is 14.2. The zero-order valence-corrected chi connectivity index (χ0v) is 18.3. The third-order valence-corrected chi connectivity index (χ3v) is 6.70. The number of fused-ring (bicyclic) bond motifs is 8. The quantitative estimate of drug-likeness (QED) is 0.209. The molecule has 2 nitrogen and oxygen atoms in total. The average Bonchev–Trinajstić information content (AvgIpc) is 2.74. The predicted molar refractivity (Wildman–Crippen MR) is 120 cm³/mol. The Kier molecular flexibility index (Phi) is 3.71. The Morgan fingerprint density at radius 1 is 0.483 bits per heavy atom. The number of halogens is 2. The van der Waals surface area contributed by atoms with E-state index in [1.165, 1.54) is 0 Å². The summed E-state index contributed by atoms with van der Waals surface area (Å²) in [5.41, 5.74) is 3.91. The first kappa shape index (κ1) is 17.3. The minimum absolute atomic E-state index is 0.529. The molecule has 2 aliphatic heterocycles. The summed E-state index contributed by atoms with van der Waals surface area (Å²) in [6, 6.07) is 29.1. The Morgan fingerprint density at radius 2 is 1.00 bits per heavy atom. The van der Waals surface area contributed by atoms with E-state index in [4.69, 9.17) is 9.47 Å². The smallest absolute Gasteiger partial charge is 0.133 e. The second-order valence-corrected chi connectivity index (χ2v) is 9.06. The lowest BCUT2D eigenvalue weighted by atomic mass is 9.62. The molecule has 29 heavy (non-hydrogen) atoms. The normalized spacial score (nSPS) is 14.7. The van der Waals surface area contributed by atoms with E-state index < -0.39 is 5.41 Å². The van der Waals surface area contributed by atoms with Gasteiger partial charge in [0, 0.05) is 31.2 Å². The van der Waals surface area contributed by atoms with Crippen molar-refractivity contribution in [2.24, 2.45) is 0 Å². The number of hydrogen-bond acceptors (Lipinski definition) is 2. The largest absolute Gasteiger partial charge is 0.457 e. The van der Waals surface area contributed by atoms with Crippen LogP contribution in [0.15, 0.2) is 93.9 Å². The van der Waals surface area contributed by atoms with Crippen LogP contribution in [-0.2, 0) is 5.41 Å². The van der Waals surface area contributed by atoms with Gasteiger partial charge in [-0.25, -0.2) is 0 Å². The maximum atomic E-state index is 6.38. The molecule has 4 heteroatoms. The maximum Gasteiger partial charge on any atom is 0.133 e. The molecule has 0 saturated heterocycles. The van der Waals surface area contributed by atoms with Gasteiger partial charge in [-0.05, 0) is 42.5 Å². The zero-order chi connectivity index (χ0) is 19.6. The van der Waals surface area contributed by atoms with Gasteiger partial charge in [0.05, 0.1) is 5.41 Å². The summed E-state index contributed by atoms with van der Waals surface area (Å²) in [5.74, 6) is 3.44. The molecule has 0 N–H and O–H groups in total. The molecule has 0 bridgehead atoms. The summed E-state index contributed by atoms with van der Waals surface area (Å²) >= 11 is 7.28. The van der Waals surface area contributed by atoms with E-state index in [2.05, 4.69) is 74.3 Å². The van der Waals surface area contributed by atoms with E-state index in [0.29, 0.717) is 0 Å². The van der Waals surface area contributed by atoms with Crippen LogP contribution in [0.4, 0.5) is 0 Å². The van der Waals surface area contributed by atoms with Crippen molar-refractivity contribution in [1.82, 2.24) is 0 Å². The van der Waals surface area contributed by atoms with Crippen molar-refractivity contribution in [1.29, 1.82) is 0 Å². The van der Waals surface area contributed by atoms with Crippen LogP contribution in [0.3, 0.4) is 0 Å². The summed E-state index contributed by atoms with van der Waals surface area (Å²) in [5, 5.41) is 0. The third-order valence-electron chi connectivity index (χ3n) is 5.72. The fraction of sp³-hybridized carbons (Fsp3) is 0.0400. The topological polar surface area (TPSA) is 18.5 Å². The molecule has 4 aromatic carbocycles. The molecule has 2 heterocycles. The van der Waals surface area contributed by atoms with Crippen LogP contribution >= 0.6 is 31.9 Å². The van der Waals surface area contributed by atoms with Gasteiger partial charge in [0.1, 0.15) is 23.0 Å². The third kappa shape index (κ3) is 2.33. The fourth-order valence-electron chi connectivity index (χ4n) is 4.61. The highest BCUT2D eigenvalue weighted by Crippen LogP contribution is 2.61. The minimum atomic E-state index is -0.529. The lowest BCUT2D eigenvalue weighted by molar-refractivity contribution is 0.399. The number of hydrogen-bond donors (Lipinski definition) is 0. The monoisotopic (exact) mass is 504 g/mol. The van der Waals surface area contributed by atoms with Crippen LogP contribution in [0.5, 0.6) is 23.0 Å². The molecule has 0 radical (unpaired) electrons. The number of para-hydroxylation sites is 2. The van der Waals surface area contributed by atoms with Crippen LogP contribution in [0, 0.1) is 0 Å². The van der Waals surface area contributed by atoms with Crippen LogP contribution in [0.25, 0.3) is 0 Å². The van der Waals surface area contributed by atoms with Gasteiger partial charge in [-0.15, -0.1) is 0 Å². The van der Waals surface area contributed by atoms with E-state index in [1.54, 1.807) is 0 Å². The molecule has 2 aliphatic rings. The van der Waals surface area contributed by atoms with Crippen LogP contribution in [0.1, 0.15) is 22.3 Å². The van der Waals surface area contributed by atoms with E-state index in [1.807, 2.05) is 42.5 Å². The SMILES string of the molecule is Brc1ccc2c(c1)Oc1ccc(Br)cc1C21c2ccccc2Oc2ccccc21. The van der Waals surface area contributed by atoms with Gasteiger partial charge in [0.2, 0.25) is 0 Å². The van der Waals surface area contributed by atoms with Crippen LogP contribution in [-0.4, -0.2) is 0 Å². The summed E-state index contributed by atoms with van der Waals surface area (Å²) < 4.78 is 14.7. The molecule has 0 unspecified atom stereocenters. The predicted octanol–water partition coefficient (Wildman–Crippen LogP) is 7.81. The van der Waals surface area contributed by atoms with Gasteiger partial charge in [-0.1, -0.05) is 74.3 Å². The first-order valence-electron chi connectivity index (χ1n) is 9.33. The standard InChI is InChI=1S/C25H14Br2O2/c26-15-10-12-23-20(13-15)25(19-11-9-16(27)14-24(19)29-23)17-5-1-3-7-21(17)28-22-8-4-2-6-18(22)25/h1-14H. The minimum Gasteiger partial charge on any atom is -0.457 e. The van der Waals surface area contributed by atoms with E-state index in [9.17, 15) is 0 Å². The number of ether oxygens (including phenoxy) is 2. The maximum absolute atomic E-state index is 6.38. The molecule has 0 fully saturated rings. The average molecular weight is 506 g/mol. The molecule has 1 spiro atoms. The molecular formula is C25H14Br2O2. The number of rotatable bonds is 0. The molecule has 4 aromatic rings. The lowest BCUT2D eigenvalue weighted by Gasteiger charge is -2.44. The molecule has 0 aliphatic carbocycles. The molecule has 0 atom stereocenters. The summed E-state index contributed by atoms with van der Waals surface area (Å²) in [7, 11) is 0. The van der Waals surface area contributed by atoms with Crippen LogP contribution in [0.2, 0.25) is 0 Å². The molecule has 0 saturated carbocycles. The molecule has 0 amide bonds. The van der Waals surface area contributed by atoms with Gasteiger partial charge in [0.25, 0.3) is 0 Å². The van der Waals surface area contributed by atoms with Crippen molar-refractivity contribution in [3.8, 4) is 23.0 Å². The van der Waals surface area contributed by atoms with Crippen molar-refractivity contribution in [2.45, 2.75) is 5.41 Å². The van der Waals surface area contributed by atoms with Crippen molar-refractivity contribution < 1.29 is 9.47 Å². The fourth-order valence-corrected chi connectivity index (χ4v) is 5.31. The van der Waals surface area contributed by atoms with E-state index in [-0.39, 0.29) is 0 Å². The van der Waals surface area contributed by atoms with Gasteiger partial charge < -0.3 is 9.47 Å². The van der Waals surface area contributed by atoms with Crippen molar-refractivity contribution in [3.05, 3.63) is 116 Å². The Bertz CT molecular complexity index is 1250. The van der Waals surface area contributed by atoms with Gasteiger partial charge in [-0.3, -0.25) is 0 Å². The van der Waals surface area contributed by atoms with Gasteiger partial charge >= 0.3 is 0 Å². The second-order valence-electron chi connectivity index (χ2n) is 7.23. The molecule has 140 valence electrons. The zero-order valence-electron chi connectivity index (χ0n) is 15.2. The van der Waals surface area contributed by atoms with Crippen molar-refractivity contribution in [3.63, 3.8) is 0 Å². The van der Waals surface area contributed by atoms with Crippen molar-refractivity contribution in [2.75, 3.05) is 0 Å². The van der Waals surface area contributed by atoms with E-state index in [0.717, 1.165) is 54.2 Å². The lowest BCUT2D eigenvalue weighted by Crippen LogP contribution is -2.36. The Balaban J connectivity index is 1.85. The summed E-state index contributed by atoms with van der Waals surface area (Å²) in [6.45, 7) is 0. The summed E-state index contributed by atoms with van der Waals surface area (Å²) in [4.78, 5) is 0. The molecular weight excluding hydrogens is 492 g/mol. The highest BCUT2D eigenvalue weighted by molar-refractivity contribution is 9.10. The molecule has 0 aromatic heterocycles. The highest BCUT2D eigenvalue weighted by Gasteiger charge is 2.50. The molecule has 6 rings (SSSR count). The van der Waals surface area contributed by atoms with Gasteiger partial charge in [0.15, 0.2) is 0 Å². The summed E-state index contributed by atoms with van der Waals surface area (Å²) in [6.07, 6.45) is 0. The Labute approximate surface area is 185 Å².